The van der Waals surface area contributed by atoms with Gasteiger partial charge in [0.25, 0.3) is 5.91 Å². The number of amides is 1. The van der Waals surface area contributed by atoms with E-state index in [0.29, 0.717) is 23.2 Å². The number of amidine groups is 1. The molecule has 1 aliphatic heterocycles. The summed E-state index contributed by atoms with van der Waals surface area (Å²) in [7, 11) is 0. The lowest BCUT2D eigenvalue weighted by Crippen LogP contribution is -2.28. The highest BCUT2D eigenvalue weighted by atomic mass is 32.2. The molecule has 4 rings (SSSR count). The predicted molar refractivity (Wildman–Crippen MR) is 131 cm³/mol. The first-order valence-electron chi connectivity index (χ1n) is 10.6. The Bertz CT molecular complexity index is 1170. The van der Waals surface area contributed by atoms with Gasteiger partial charge in [0.1, 0.15) is 5.75 Å². The van der Waals surface area contributed by atoms with Gasteiger partial charge < -0.3 is 4.74 Å². The minimum atomic E-state index is -0.0206. The number of carbonyl (C=O) groups excluding carboxylic acids is 1. The van der Waals surface area contributed by atoms with Crippen molar-refractivity contribution in [2.24, 2.45) is 4.99 Å². The third-order valence-corrected chi connectivity index (χ3v) is 6.14. The van der Waals surface area contributed by atoms with Crippen LogP contribution in [0.15, 0.2) is 70.6 Å². The molecule has 0 unspecified atom stereocenters. The van der Waals surface area contributed by atoms with Crippen LogP contribution in [0.5, 0.6) is 5.75 Å². The van der Waals surface area contributed by atoms with Crippen molar-refractivity contribution in [1.82, 2.24) is 4.90 Å². The van der Waals surface area contributed by atoms with Crippen LogP contribution in [0.25, 0.3) is 16.8 Å². The van der Waals surface area contributed by atoms with Gasteiger partial charge in [0.05, 0.1) is 17.2 Å². The molecular weight excluding hydrogens is 404 g/mol. The molecule has 31 heavy (non-hydrogen) atoms. The molecule has 0 saturated carbocycles. The molecule has 1 aliphatic rings. The number of ether oxygens (including phenoxy) is 1. The number of benzene rings is 3. The van der Waals surface area contributed by atoms with E-state index in [2.05, 4.69) is 25.1 Å². The molecule has 4 nitrogen and oxygen atoms in total. The zero-order valence-corrected chi connectivity index (χ0v) is 18.9. The summed E-state index contributed by atoms with van der Waals surface area (Å²) in [4.78, 5) is 20.3. The number of fused-ring (bicyclic) bond motifs is 1. The maximum Gasteiger partial charge on any atom is 0.266 e. The Morgan fingerprint density at radius 2 is 1.81 bits per heavy atom. The van der Waals surface area contributed by atoms with E-state index in [0.717, 1.165) is 34.2 Å². The van der Waals surface area contributed by atoms with Crippen LogP contribution in [0, 0.1) is 6.92 Å². The summed E-state index contributed by atoms with van der Waals surface area (Å²) in [5.41, 5.74) is 2.97. The zero-order valence-electron chi connectivity index (χ0n) is 18.1. The van der Waals surface area contributed by atoms with Gasteiger partial charge in [-0.1, -0.05) is 55.0 Å². The summed E-state index contributed by atoms with van der Waals surface area (Å²) < 4.78 is 6.02. The molecule has 0 radical (unpaired) electrons. The van der Waals surface area contributed by atoms with Crippen LogP contribution in [0.4, 0.5) is 5.69 Å². The number of likely N-dealkylation sites (N-methyl/N-ethyl adjacent to an activating group) is 1. The van der Waals surface area contributed by atoms with Crippen molar-refractivity contribution in [3.63, 3.8) is 0 Å². The molecule has 0 bridgehead atoms. The Morgan fingerprint density at radius 1 is 1.03 bits per heavy atom. The summed E-state index contributed by atoms with van der Waals surface area (Å²) in [6.45, 7) is 7.31. The summed E-state index contributed by atoms with van der Waals surface area (Å²) in [6, 6.07) is 20.3. The lowest BCUT2D eigenvalue weighted by Gasteiger charge is -2.13. The first-order chi connectivity index (χ1) is 15.1. The van der Waals surface area contributed by atoms with Crippen molar-refractivity contribution in [3.8, 4) is 5.75 Å². The molecule has 1 saturated heterocycles. The van der Waals surface area contributed by atoms with Crippen LogP contribution in [0.2, 0.25) is 0 Å². The summed E-state index contributed by atoms with van der Waals surface area (Å²) in [6.07, 6.45) is 2.88. The minimum absolute atomic E-state index is 0.0206. The standard InChI is InChI=1S/C26H26N2O2S/c1-4-16-30-23-15-12-19-8-6-7-9-21(19)22(23)17-24-25(29)28(5-2)26(31-24)27-20-13-10-18(3)11-14-20/h6-15,17H,4-5,16H2,1-3H3. The molecule has 0 atom stereocenters. The SMILES string of the molecule is CCCOc1ccc2ccccc2c1C=C1SC(=Nc2ccc(C)cc2)N(CC)C1=O. The Labute approximate surface area is 187 Å². The number of thioether (sulfide) groups is 1. The fraction of sp³-hybridized carbons (Fsp3) is 0.231. The molecular formula is C26H26N2O2S. The Hall–Kier alpha value is -3.05. The van der Waals surface area contributed by atoms with Gasteiger partial charge in [0.2, 0.25) is 0 Å². The molecule has 0 aliphatic carbocycles. The van der Waals surface area contributed by atoms with Gasteiger partial charge in [-0.05, 0) is 67.1 Å². The van der Waals surface area contributed by atoms with E-state index in [1.54, 1.807) is 4.90 Å². The van der Waals surface area contributed by atoms with E-state index < -0.39 is 0 Å². The van der Waals surface area contributed by atoms with Crippen LogP contribution in [0.1, 0.15) is 31.4 Å². The summed E-state index contributed by atoms with van der Waals surface area (Å²) in [5, 5.41) is 2.90. The highest BCUT2D eigenvalue weighted by molar-refractivity contribution is 8.18. The lowest BCUT2D eigenvalue weighted by molar-refractivity contribution is -0.122. The highest BCUT2D eigenvalue weighted by Gasteiger charge is 2.32. The second-order valence-corrected chi connectivity index (χ2v) is 8.45. The van der Waals surface area contributed by atoms with Crippen molar-refractivity contribution in [2.75, 3.05) is 13.2 Å². The fourth-order valence-electron chi connectivity index (χ4n) is 3.49. The van der Waals surface area contributed by atoms with Crippen molar-refractivity contribution >= 4 is 45.4 Å². The van der Waals surface area contributed by atoms with Crippen LogP contribution in [0.3, 0.4) is 0 Å². The number of hydrogen-bond acceptors (Lipinski definition) is 4. The number of nitrogens with zero attached hydrogens (tertiary/aromatic N) is 2. The van der Waals surface area contributed by atoms with E-state index >= 15 is 0 Å². The Kier molecular flexibility index (Phi) is 6.42. The number of hydrogen-bond donors (Lipinski definition) is 0. The maximum absolute atomic E-state index is 13.2. The molecule has 1 heterocycles. The number of carbonyl (C=O) groups is 1. The minimum Gasteiger partial charge on any atom is -0.493 e. The fourth-order valence-corrected chi connectivity index (χ4v) is 4.54. The van der Waals surface area contributed by atoms with Gasteiger partial charge in [0.15, 0.2) is 5.17 Å². The number of rotatable bonds is 6. The number of aryl methyl sites for hydroxylation is 1. The quantitative estimate of drug-likeness (QED) is 0.416. The van der Waals surface area contributed by atoms with Crippen molar-refractivity contribution in [1.29, 1.82) is 0 Å². The van der Waals surface area contributed by atoms with Crippen LogP contribution in [-0.4, -0.2) is 29.1 Å². The normalized spacial score (nSPS) is 16.6. The average Bonchev–Trinajstić information content (AvgIpc) is 3.08. The van der Waals surface area contributed by atoms with Crippen LogP contribution < -0.4 is 4.74 Å². The topological polar surface area (TPSA) is 41.9 Å². The Morgan fingerprint density at radius 3 is 2.55 bits per heavy atom. The lowest BCUT2D eigenvalue weighted by atomic mass is 10.0. The first kappa shape index (κ1) is 21.2. The molecule has 3 aromatic carbocycles. The second kappa shape index (κ2) is 9.40. The molecule has 0 aromatic heterocycles. The van der Waals surface area contributed by atoms with Crippen molar-refractivity contribution < 1.29 is 9.53 Å². The van der Waals surface area contributed by atoms with Crippen molar-refractivity contribution in [2.45, 2.75) is 27.2 Å². The molecule has 3 aromatic rings. The molecule has 158 valence electrons. The van der Waals surface area contributed by atoms with Gasteiger partial charge in [-0.2, -0.15) is 0 Å². The monoisotopic (exact) mass is 430 g/mol. The summed E-state index contributed by atoms with van der Waals surface area (Å²) in [5.74, 6) is 0.779. The van der Waals surface area contributed by atoms with E-state index in [1.807, 2.05) is 62.4 Å². The van der Waals surface area contributed by atoms with Gasteiger partial charge in [-0.3, -0.25) is 9.69 Å². The molecule has 1 amide bonds. The smallest absolute Gasteiger partial charge is 0.266 e. The van der Waals surface area contributed by atoms with Gasteiger partial charge in [-0.15, -0.1) is 0 Å². The zero-order chi connectivity index (χ0) is 21.8. The van der Waals surface area contributed by atoms with E-state index in [1.165, 1.54) is 17.3 Å². The highest BCUT2D eigenvalue weighted by Crippen LogP contribution is 2.37. The third kappa shape index (κ3) is 4.52. The van der Waals surface area contributed by atoms with Gasteiger partial charge in [-0.25, -0.2) is 4.99 Å². The third-order valence-electron chi connectivity index (χ3n) is 5.13. The Balaban J connectivity index is 1.77. The maximum atomic E-state index is 13.2. The molecule has 1 fully saturated rings. The predicted octanol–water partition coefficient (Wildman–Crippen LogP) is 6.56. The van der Waals surface area contributed by atoms with Gasteiger partial charge >= 0.3 is 0 Å². The first-order valence-corrected chi connectivity index (χ1v) is 11.4. The van der Waals surface area contributed by atoms with Gasteiger partial charge in [0, 0.05) is 12.1 Å². The number of aliphatic imine (C=N–C) groups is 1. The molecule has 0 spiro atoms. The average molecular weight is 431 g/mol. The molecule has 0 N–H and O–H groups in total. The largest absolute Gasteiger partial charge is 0.493 e. The van der Waals surface area contributed by atoms with E-state index in [-0.39, 0.29) is 5.91 Å². The summed E-state index contributed by atoms with van der Waals surface area (Å²) >= 11 is 1.42. The van der Waals surface area contributed by atoms with Crippen LogP contribution in [-0.2, 0) is 4.79 Å². The van der Waals surface area contributed by atoms with Crippen LogP contribution >= 0.6 is 11.8 Å². The molecule has 5 heteroatoms. The second-order valence-electron chi connectivity index (χ2n) is 7.44. The van der Waals surface area contributed by atoms with Crippen molar-refractivity contribution in [3.05, 3.63) is 76.7 Å². The van der Waals surface area contributed by atoms with E-state index in [9.17, 15) is 4.79 Å². The van der Waals surface area contributed by atoms with E-state index in [4.69, 9.17) is 9.73 Å².